The van der Waals surface area contributed by atoms with Gasteiger partial charge in [-0.1, -0.05) is 25.1 Å². The highest BCUT2D eigenvalue weighted by molar-refractivity contribution is 5.78. The second-order valence-corrected chi connectivity index (χ2v) is 3.54. The van der Waals surface area contributed by atoms with Crippen molar-refractivity contribution >= 4 is 10.9 Å². The van der Waals surface area contributed by atoms with E-state index < -0.39 is 0 Å². The molecule has 72 valence electrons. The van der Waals surface area contributed by atoms with Crippen molar-refractivity contribution in [3.8, 4) is 0 Å². The molecule has 1 N–H and O–H groups in total. The maximum absolute atomic E-state index is 9.04. The highest BCUT2D eigenvalue weighted by Gasteiger charge is 2.04. The molecule has 2 heteroatoms. The number of hydrogen-bond donors (Lipinski definition) is 1. The number of hydrogen-bond acceptors (Lipinski definition) is 2. The molecule has 0 radical (unpaired) electrons. The second-order valence-electron chi connectivity index (χ2n) is 3.54. The Balaban J connectivity index is 2.51. The lowest BCUT2D eigenvalue weighted by Gasteiger charge is -2.08. The van der Waals surface area contributed by atoms with E-state index in [-0.39, 0.29) is 12.5 Å². The minimum atomic E-state index is 0.179. The lowest BCUT2D eigenvalue weighted by atomic mass is 10.0. The zero-order valence-electron chi connectivity index (χ0n) is 8.14. The van der Waals surface area contributed by atoms with Gasteiger partial charge < -0.3 is 5.11 Å². The molecule has 0 fully saturated rings. The first-order chi connectivity index (χ1) is 6.81. The largest absolute Gasteiger partial charge is 0.396 e. The molecule has 0 amide bonds. The summed E-state index contributed by atoms with van der Waals surface area (Å²) in [6.45, 7) is 2.18. The first kappa shape index (κ1) is 9.16. The number of aliphatic hydroxyl groups is 1. The van der Waals surface area contributed by atoms with Crippen LogP contribution in [0.1, 0.15) is 18.4 Å². The van der Waals surface area contributed by atoms with E-state index in [1.165, 1.54) is 0 Å². The Kier molecular flexibility index (Phi) is 2.46. The monoisotopic (exact) mass is 187 g/mol. The van der Waals surface area contributed by atoms with Gasteiger partial charge in [0.15, 0.2) is 0 Å². The maximum Gasteiger partial charge on any atom is 0.0704 e. The van der Waals surface area contributed by atoms with Crippen LogP contribution in [-0.4, -0.2) is 16.7 Å². The van der Waals surface area contributed by atoms with E-state index in [1.54, 1.807) is 6.20 Å². The fourth-order valence-electron chi connectivity index (χ4n) is 1.50. The summed E-state index contributed by atoms with van der Waals surface area (Å²) in [6.07, 6.45) is 1.79. The van der Waals surface area contributed by atoms with Crippen LogP contribution in [0.25, 0.3) is 10.9 Å². The molecule has 1 aromatic heterocycles. The molecule has 2 rings (SSSR count). The van der Waals surface area contributed by atoms with Crippen molar-refractivity contribution < 1.29 is 5.11 Å². The molecule has 2 nitrogen and oxygen atoms in total. The number of aromatic nitrogens is 1. The summed E-state index contributed by atoms with van der Waals surface area (Å²) in [7, 11) is 0. The van der Waals surface area contributed by atoms with Crippen molar-refractivity contribution in [3.05, 3.63) is 42.1 Å². The van der Waals surface area contributed by atoms with Gasteiger partial charge in [0.2, 0.25) is 0 Å². The number of rotatable bonds is 2. The lowest BCUT2D eigenvalue weighted by Crippen LogP contribution is -1.98. The van der Waals surface area contributed by atoms with Crippen LogP contribution in [0.4, 0.5) is 0 Å². The molecule has 2 aromatic rings. The van der Waals surface area contributed by atoms with Crippen molar-refractivity contribution in [3.63, 3.8) is 0 Å². The quantitative estimate of drug-likeness (QED) is 0.782. The lowest BCUT2D eigenvalue weighted by molar-refractivity contribution is 0.273. The number of aliphatic hydroxyl groups excluding tert-OH is 1. The molecule has 0 bridgehead atoms. The number of pyridine rings is 1. The number of nitrogens with zero attached hydrogens (tertiary/aromatic N) is 1. The van der Waals surface area contributed by atoms with E-state index in [4.69, 9.17) is 5.11 Å². The molecule has 0 aliphatic rings. The van der Waals surface area contributed by atoms with Crippen LogP contribution >= 0.6 is 0 Å². The van der Waals surface area contributed by atoms with Crippen molar-refractivity contribution in [2.75, 3.05) is 6.61 Å². The second kappa shape index (κ2) is 3.76. The van der Waals surface area contributed by atoms with Crippen LogP contribution < -0.4 is 0 Å². The van der Waals surface area contributed by atoms with Crippen LogP contribution in [0.15, 0.2) is 36.5 Å². The smallest absolute Gasteiger partial charge is 0.0704 e. The molecule has 1 heterocycles. The van der Waals surface area contributed by atoms with Crippen LogP contribution in [-0.2, 0) is 0 Å². The van der Waals surface area contributed by atoms with Gasteiger partial charge in [-0.05, 0) is 17.7 Å². The molecule has 0 saturated heterocycles. The third-order valence-corrected chi connectivity index (χ3v) is 2.47. The van der Waals surface area contributed by atoms with Gasteiger partial charge in [0.05, 0.1) is 5.52 Å². The Bertz CT molecular complexity index is 439. The molecule has 0 spiro atoms. The Labute approximate surface area is 83.2 Å². The summed E-state index contributed by atoms with van der Waals surface area (Å²) in [6, 6.07) is 10.1. The van der Waals surface area contributed by atoms with Gasteiger partial charge in [-0.25, -0.2) is 0 Å². The van der Waals surface area contributed by atoms with E-state index in [9.17, 15) is 0 Å². The predicted octanol–water partition coefficient (Wildman–Crippen LogP) is 2.33. The summed E-state index contributed by atoms with van der Waals surface area (Å²) in [5.74, 6) is 0.182. The summed E-state index contributed by atoms with van der Waals surface area (Å²) in [5.41, 5.74) is 2.13. The highest BCUT2D eigenvalue weighted by atomic mass is 16.3. The fraction of sp³-hybridized carbons (Fsp3) is 0.250. The van der Waals surface area contributed by atoms with Gasteiger partial charge in [0.1, 0.15) is 0 Å². The van der Waals surface area contributed by atoms with E-state index >= 15 is 0 Å². The Hall–Kier alpha value is -1.41. The molecule has 0 aliphatic heterocycles. The summed E-state index contributed by atoms with van der Waals surface area (Å²) in [4.78, 5) is 4.28. The maximum atomic E-state index is 9.04. The molecule has 14 heavy (non-hydrogen) atoms. The normalized spacial score (nSPS) is 13.0. The SMILES string of the molecule is CC(CO)c1ccc2cccnc2c1. The molecule has 0 aliphatic carbocycles. The summed E-state index contributed by atoms with van der Waals surface area (Å²) < 4.78 is 0. The highest BCUT2D eigenvalue weighted by Crippen LogP contribution is 2.19. The topological polar surface area (TPSA) is 33.1 Å². The van der Waals surface area contributed by atoms with Gasteiger partial charge in [-0.3, -0.25) is 4.98 Å². The van der Waals surface area contributed by atoms with Crippen molar-refractivity contribution in [2.24, 2.45) is 0 Å². The van der Waals surface area contributed by atoms with Gasteiger partial charge >= 0.3 is 0 Å². The molecule has 1 atom stereocenters. The van der Waals surface area contributed by atoms with E-state index in [1.807, 2.05) is 37.3 Å². The Morgan fingerprint density at radius 2 is 2.21 bits per heavy atom. The minimum Gasteiger partial charge on any atom is -0.396 e. The van der Waals surface area contributed by atoms with Crippen LogP contribution in [0, 0.1) is 0 Å². The van der Waals surface area contributed by atoms with E-state index in [2.05, 4.69) is 4.98 Å². The first-order valence-electron chi connectivity index (χ1n) is 4.77. The van der Waals surface area contributed by atoms with Crippen molar-refractivity contribution in [2.45, 2.75) is 12.8 Å². The molecular formula is C12H13NO. The number of fused-ring (bicyclic) bond motifs is 1. The van der Waals surface area contributed by atoms with E-state index in [0.717, 1.165) is 16.5 Å². The zero-order chi connectivity index (χ0) is 9.97. The van der Waals surface area contributed by atoms with Crippen LogP contribution in [0.2, 0.25) is 0 Å². The Morgan fingerprint density at radius 3 is 3.00 bits per heavy atom. The molecular weight excluding hydrogens is 174 g/mol. The van der Waals surface area contributed by atoms with Crippen LogP contribution in [0.3, 0.4) is 0 Å². The third kappa shape index (κ3) is 1.61. The van der Waals surface area contributed by atoms with Gasteiger partial charge in [-0.15, -0.1) is 0 Å². The average Bonchev–Trinajstić information content (AvgIpc) is 2.27. The predicted molar refractivity (Wildman–Crippen MR) is 57.2 cm³/mol. The van der Waals surface area contributed by atoms with E-state index in [0.29, 0.717) is 0 Å². The summed E-state index contributed by atoms with van der Waals surface area (Å²) >= 11 is 0. The van der Waals surface area contributed by atoms with Crippen LogP contribution in [0.5, 0.6) is 0 Å². The fourth-order valence-corrected chi connectivity index (χ4v) is 1.50. The van der Waals surface area contributed by atoms with Gasteiger partial charge in [-0.2, -0.15) is 0 Å². The number of benzene rings is 1. The molecule has 1 aromatic carbocycles. The first-order valence-corrected chi connectivity index (χ1v) is 4.77. The zero-order valence-corrected chi connectivity index (χ0v) is 8.14. The molecule has 1 unspecified atom stereocenters. The van der Waals surface area contributed by atoms with Crippen molar-refractivity contribution in [1.82, 2.24) is 4.98 Å². The van der Waals surface area contributed by atoms with Gasteiger partial charge in [0, 0.05) is 24.1 Å². The van der Waals surface area contributed by atoms with Gasteiger partial charge in [0.25, 0.3) is 0 Å². The Morgan fingerprint density at radius 1 is 1.36 bits per heavy atom. The molecule has 0 saturated carbocycles. The standard InChI is InChI=1S/C12H13NO/c1-9(8-14)11-5-4-10-3-2-6-13-12(10)7-11/h2-7,9,14H,8H2,1H3. The average molecular weight is 187 g/mol. The third-order valence-electron chi connectivity index (χ3n) is 2.47. The summed E-state index contributed by atoms with van der Waals surface area (Å²) in [5, 5.41) is 10.2. The minimum absolute atomic E-state index is 0.179. The van der Waals surface area contributed by atoms with Crippen molar-refractivity contribution in [1.29, 1.82) is 0 Å².